The van der Waals surface area contributed by atoms with Gasteiger partial charge in [-0.05, 0) is 67.1 Å². The van der Waals surface area contributed by atoms with Crippen LogP contribution >= 0.6 is 0 Å². The van der Waals surface area contributed by atoms with Crippen LogP contribution in [0.1, 0.15) is 57.8 Å². The largest absolute Gasteiger partial charge is 0.477 e. The fourth-order valence-corrected chi connectivity index (χ4v) is 6.24. The van der Waals surface area contributed by atoms with Crippen LogP contribution in [0.5, 0.6) is 5.88 Å². The minimum Gasteiger partial charge on any atom is -0.477 e. The van der Waals surface area contributed by atoms with Crippen LogP contribution in [0.2, 0.25) is 0 Å². The molecule has 1 aliphatic rings. The third-order valence-corrected chi connectivity index (χ3v) is 8.65. The van der Waals surface area contributed by atoms with E-state index in [1.54, 1.807) is 23.1 Å². The second-order valence-corrected chi connectivity index (χ2v) is 12.9. The highest BCUT2D eigenvalue weighted by atomic mass is 32.2. The molecule has 0 fully saturated rings. The number of carbonyl (C=O) groups is 2. The smallest absolute Gasteiger partial charge is 0.354 e. The number of sulfonamides is 1. The second-order valence-electron chi connectivity index (χ2n) is 11.2. The van der Waals surface area contributed by atoms with Gasteiger partial charge in [0.05, 0.1) is 16.6 Å². The van der Waals surface area contributed by atoms with E-state index < -0.39 is 27.9 Å². The molecule has 0 saturated carbocycles. The Morgan fingerprint density at radius 1 is 1.07 bits per heavy atom. The monoisotopic (exact) mass is 615 g/mol. The Morgan fingerprint density at radius 2 is 1.80 bits per heavy atom. The summed E-state index contributed by atoms with van der Waals surface area (Å²) in [5, 5.41) is 9.27. The Labute approximate surface area is 256 Å². The predicted octanol–water partition coefficient (Wildman–Crippen LogP) is 5.10. The van der Waals surface area contributed by atoms with Crippen molar-refractivity contribution in [2.75, 3.05) is 11.3 Å². The van der Waals surface area contributed by atoms with Crippen molar-refractivity contribution in [3.8, 4) is 17.1 Å². The number of nitrogens with zero attached hydrogens (tertiary/aromatic N) is 4. The molecule has 2 aromatic carbocycles. The lowest BCUT2D eigenvalue weighted by Crippen LogP contribution is -2.44. The highest BCUT2D eigenvalue weighted by Gasteiger charge is 2.29. The average Bonchev–Trinajstić information content (AvgIpc) is 2.97. The van der Waals surface area contributed by atoms with Crippen molar-refractivity contribution in [3.05, 3.63) is 94.8 Å². The Bertz CT molecular complexity index is 1810. The number of nitrogens with one attached hydrogen (secondary N) is 1. The van der Waals surface area contributed by atoms with Gasteiger partial charge in [0, 0.05) is 29.9 Å². The van der Waals surface area contributed by atoms with E-state index in [1.807, 2.05) is 45.9 Å². The summed E-state index contributed by atoms with van der Waals surface area (Å²) in [4.78, 5) is 39.9. The summed E-state index contributed by atoms with van der Waals surface area (Å²) in [7, 11) is -4.19. The number of amides is 1. The molecular weight excluding hydrogens is 582 g/mol. The Hall–Kier alpha value is -4.84. The van der Waals surface area contributed by atoms with Crippen LogP contribution < -0.4 is 9.46 Å². The van der Waals surface area contributed by atoms with Gasteiger partial charge in [-0.2, -0.15) is 4.98 Å². The number of aromatic carboxylic acids is 1. The summed E-state index contributed by atoms with van der Waals surface area (Å²) in [6, 6.07) is 15.8. The number of hydrogen-bond donors (Lipinski definition) is 2. The van der Waals surface area contributed by atoms with Gasteiger partial charge in [-0.1, -0.05) is 44.2 Å². The molecule has 3 heterocycles. The van der Waals surface area contributed by atoms with Gasteiger partial charge in [0.15, 0.2) is 0 Å². The lowest BCUT2D eigenvalue weighted by atomic mass is 10.00. The maximum atomic E-state index is 14.1. The van der Waals surface area contributed by atoms with E-state index in [4.69, 9.17) is 4.74 Å². The van der Waals surface area contributed by atoms with Crippen LogP contribution in [0.4, 0.5) is 5.95 Å². The van der Waals surface area contributed by atoms with Gasteiger partial charge in [-0.25, -0.2) is 27.9 Å². The first-order valence-electron chi connectivity index (χ1n) is 14.1. The van der Waals surface area contributed by atoms with Gasteiger partial charge in [0.2, 0.25) is 11.8 Å². The number of hydrogen-bond acceptors (Lipinski definition) is 8. The quantitative estimate of drug-likeness (QED) is 0.302. The van der Waals surface area contributed by atoms with Gasteiger partial charge in [0.1, 0.15) is 12.3 Å². The van der Waals surface area contributed by atoms with Gasteiger partial charge in [-0.15, -0.1) is 0 Å². The van der Waals surface area contributed by atoms with Crippen LogP contribution in [0, 0.1) is 19.8 Å². The Balaban J connectivity index is 1.65. The number of anilines is 1. The maximum absolute atomic E-state index is 14.1. The number of carbonyl (C=O) groups excluding carboxylic acids is 1. The molecule has 5 rings (SSSR count). The first kappa shape index (κ1) is 30.6. The lowest BCUT2D eigenvalue weighted by Gasteiger charge is -2.33. The van der Waals surface area contributed by atoms with E-state index in [0.717, 1.165) is 16.7 Å². The minimum atomic E-state index is -4.19. The summed E-state index contributed by atoms with van der Waals surface area (Å²) in [5.74, 6) is -1.40. The van der Waals surface area contributed by atoms with Crippen LogP contribution in [0.3, 0.4) is 0 Å². The number of ether oxygens (including phenoxy) is 1. The molecule has 11 nitrogen and oxygen atoms in total. The SMILES string of the molecule is Cc1cccc(C)c1-c1cc2nc(n1)NS(=O)(=O)c1cccc(c1)C(=O)N(Cc1ccc(C(=O)O)nc1)[C@H](CC(C)C)CO2. The number of fused-ring (bicyclic) bond motifs is 4. The predicted molar refractivity (Wildman–Crippen MR) is 164 cm³/mol. The molecule has 1 amide bonds. The van der Waals surface area contributed by atoms with Crippen molar-refractivity contribution >= 4 is 27.8 Å². The van der Waals surface area contributed by atoms with Crippen molar-refractivity contribution in [2.45, 2.75) is 51.6 Å². The van der Waals surface area contributed by atoms with E-state index in [1.165, 1.54) is 30.5 Å². The molecule has 12 heteroatoms. The summed E-state index contributed by atoms with van der Waals surface area (Å²) < 4.78 is 35.7. The number of pyridine rings is 1. The zero-order valence-electron chi connectivity index (χ0n) is 24.8. The topological polar surface area (TPSA) is 152 Å². The maximum Gasteiger partial charge on any atom is 0.354 e. The van der Waals surface area contributed by atoms with Crippen LogP contribution in [0.15, 0.2) is 71.8 Å². The summed E-state index contributed by atoms with van der Waals surface area (Å²) in [6.07, 6.45) is 1.98. The van der Waals surface area contributed by atoms with Crippen LogP contribution in [-0.4, -0.2) is 57.9 Å². The number of benzene rings is 2. The molecule has 1 aliphatic heterocycles. The summed E-state index contributed by atoms with van der Waals surface area (Å²) >= 11 is 0. The fraction of sp³-hybridized carbons (Fsp3) is 0.281. The molecule has 0 aliphatic carbocycles. The average molecular weight is 616 g/mol. The van der Waals surface area contributed by atoms with E-state index in [9.17, 15) is 23.1 Å². The van der Waals surface area contributed by atoms with Gasteiger partial charge in [0.25, 0.3) is 15.9 Å². The van der Waals surface area contributed by atoms with Crippen molar-refractivity contribution in [1.82, 2.24) is 19.9 Å². The zero-order chi connectivity index (χ0) is 31.6. The van der Waals surface area contributed by atoms with Gasteiger partial charge >= 0.3 is 5.97 Å². The number of aromatic nitrogens is 3. The van der Waals surface area contributed by atoms with Gasteiger partial charge in [-0.3, -0.25) is 4.79 Å². The molecule has 4 aromatic rings. The molecule has 44 heavy (non-hydrogen) atoms. The molecule has 0 saturated heterocycles. The number of rotatable bonds is 6. The Morgan fingerprint density at radius 3 is 2.45 bits per heavy atom. The van der Waals surface area contributed by atoms with Crippen molar-refractivity contribution in [3.63, 3.8) is 0 Å². The third-order valence-electron chi connectivity index (χ3n) is 7.32. The molecule has 0 spiro atoms. The summed E-state index contributed by atoms with van der Waals surface area (Å²) in [5.41, 5.74) is 3.88. The van der Waals surface area contributed by atoms with E-state index >= 15 is 0 Å². The molecule has 2 N–H and O–H groups in total. The summed E-state index contributed by atoms with van der Waals surface area (Å²) in [6.45, 7) is 8.10. The van der Waals surface area contributed by atoms with Crippen LogP contribution in [-0.2, 0) is 16.6 Å². The Kier molecular flexibility index (Phi) is 8.63. The molecule has 1 atom stereocenters. The first-order chi connectivity index (χ1) is 20.9. The molecule has 228 valence electrons. The highest BCUT2D eigenvalue weighted by Crippen LogP contribution is 2.30. The van der Waals surface area contributed by atoms with E-state index in [-0.39, 0.29) is 47.1 Å². The van der Waals surface area contributed by atoms with Crippen LogP contribution in [0.25, 0.3) is 11.3 Å². The molecular formula is C32H33N5O6S. The molecule has 4 bridgehead atoms. The normalized spacial score (nSPS) is 16.2. The van der Waals surface area contributed by atoms with Crippen molar-refractivity contribution in [1.29, 1.82) is 0 Å². The highest BCUT2D eigenvalue weighted by molar-refractivity contribution is 7.92. The molecule has 0 radical (unpaired) electrons. The van der Waals surface area contributed by atoms with Crippen molar-refractivity contribution in [2.24, 2.45) is 5.92 Å². The molecule has 2 aromatic heterocycles. The second kappa shape index (κ2) is 12.4. The standard InChI is InChI=1S/C32H33N5O6S/c1-19(2)13-24-18-43-28-15-27(29-20(3)7-5-8-21(29)4)34-32(35-28)36-44(41,42)25-10-6-9-23(14-25)30(38)37(24)17-22-11-12-26(31(39)40)33-16-22/h5-12,14-16,19,24H,13,17-18H2,1-4H3,(H,39,40)(H,34,35,36)/t24-/m1/s1. The van der Waals surface area contributed by atoms with E-state index in [2.05, 4.69) is 19.7 Å². The first-order valence-corrected chi connectivity index (χ1v) is 15.6. The zero-order valence-corrected chi connectivity index (χ0v) is 25.6. The third kappa shape index (κ3) is 6.70. The number of carboxylic acid groups (broad SMARTS) is 1. The minimum absolute atomic E-state index is 0.0552. The number of aryl methyl sites for hydroxylation is 2. The van der Waals surface area contributed by atoms with E-state index in [0.29, 0.717) is 17.7 Å². The fourth-order valence-electron chi connectivity index (χ4n) is 5.25. The van der Waals surface area contributed by atoms with Gasteiger partial charge < -0.3 is 14.7 Å². The lowest BCUT2D eigenvalue weighted by molar-refractivity contribution is 0.0552. The number of carboxylic acids is 1. The molecule has 0 unspecified atom stereocenters. The van der Waals surface area contributed by atoms with Crippen molar-refractivity contribution < 1.29 is 27.9 Å².